The van der Waals surface area contributed by atoms with Gasteiger partial charge in [-0.05, 0) is 12.3 Å². The Bertz CT molecular complexity index is 126. The molecule has 0 aliphatic carbocycles. The largest absolute Gasteiger partial charge is 0.396 e. The minimum Gasteiger partial charge on any atom is -0.396 e. The van der Waals surface area contributed by atoms with Crippen molar-refractivity contribution >= 4 is 6.03 Å². The summed E-state index contributed by atoms with van der Waals surface area (Å²) in [6.45, 7) is 5.40. The molecule has 0 aromatic carbocycles. The summed E-state index contributed by atoms with van der Waals surface area (Å²) in [6.07, 6.45) is 0.606. The Kier molecular flexibility index (Phi) is 6.47. The highest BCUT2D eigenvalue weighted by Crippen LogP contribution is 1.86. The summed E-state index contributed by atoms with van der Waals surface area (Å²) in [4.78, 5) is 10.9. The first kappa shape index (κ1) is 11.2. The molecule has 0 bridgehead atoms. The minimum atomic E-state index is -0.155. The average molecular weight is 174 g/mol. The number of urea groups is 1. The van der Waals surface area contributed by atoms with Gasteiger partial charge in [-0.3, -0.25) is 0 Å². The molecule has 0 saturated heterocycles. The van der Waals surface area contributed by atoms with E-state index < -0.39 is 0 Å². The maximum atomic E-state index is 10.9. The van der Waals surface area contributed by atoms with Gasteiger partial charge in [-0.15, -0.1) is 0 Å². The van der Waals surface area contributed by atoms with Crippen molar-refractivity contribution in [3.8, 4) is 0 Å². The van der Waals surface area contributed by atoms with E-state index in [1.807, 2.05) is 13.8 Å². The monoisotopic (exact) mass is 174 g/mol. The van der Waals surface area contributed by atoms with Crippen LogP contribution in [0.2, 0.25) is 0 Å². The van der Waals surface area contributed by atoms with Gasteiger partial charge in [0.15, 0.2) is 0 Å². The second kappa shape index (κ2) is 6.91. The standard InChI is InChI=1S/C8H18N2O2/c1-7(2)6-10-8(12)9-4-3-5-11/h7,11H,3-6H2,1-2H3,(H2,9,10,12). The smallest absolute Gasteiger partial charge is 0.314 e. The highest BCUT2D eigenvalue weighted by Gasteiger charge is 1.99. The summed E-state index contributed by atoms with van der Waals surface area (Å²) in [7, 11) is 0. The number of amides is 2. The number of hydrogen-bond donors (Lipinski definition) is 3. The van der Waals surface area contributed by atoms with Gasteiger partial charge in [0, 0.05) is 19.7 Å². The molecule has 0 aromatic rings. The van der Waals surface area contributed by atoms with Crippen molar-refractivity contribution in [2.24, 2.45) is 5.92 Å². The van der Waals surface area contributed by atoms with Gasteiger partial charge in [-0.2, -0.15) is 0 Å². The van der Waals surface area contributed by atoms with Crippen LogP contribution in [0.3, 0.4) is 0 Å². The quantitative estimate of drug-likeness (QED) is 0.526. The lowest BCUT2D eigenvalue weighted by Gasteiger charge is -2.08. The van der Waals surface area contributed by atoms with E-state index in [4.69, 9.17) is 5.11 Å². The van der Waals surface area contributed by atoms with Gasteiger partial charge in [0.25, 0.3) is 0 Å². The Labute approximate surface area is 73.3 Å². The minimum absolute atomic E-state index is 0.116. The summed E-state index contributed by atoms with van der Waals surface area (Å²) < 4.78 is 0. The van der Waals surface area contributed by atoms with Crippen LogP contribution in [-0.4, -0.2) is 30.8 Å². The van der Waals surface area contributed by atoms with Crippen LogP contribution in [0.25, 0.3) is 0 Å². The number of aliphatic hydroxyl groups excluding tert-OH is 1. The van der Waals surface area contributed by atoms with Crippen LogP contribution in [0.1, 0.15) is 20.3 Å². The van der Waals surface area contributed by atoms with Crippen LogP contribution in [0.5, 0.6) is 0 Å². The fourth-order valence-electron chi connectivity index (χ4n) is 0.640. The Morgan fingerprint density at radius 1 is 1.42 bits per heavy atom. The van der Waals surface area contributed by atoms with Crippen molar-refractivity contribution in [3.05, 3.63) is 0 Å². The third-order valence-electron chi connectivity index (χ3n) is 1.29. The molecule has 3 N–H and O–H groups in total. The molecule has 0 spiro atoms. The van der Waals surface area contributed by atoms with Gasteiger partial charge in [-0.25, -0.2) is 4.79 Å². The van der Waals surface area contributed by atoms with Crippen LogP contribution in [0, 0.1) is 5.92 Å². The highest BCUT2D eigenvalue weighted by molar-refractivity contribution is 5.73. The number of carbonyl (C=O) groups is 1. The van der Waals surface area contributed by atoms with E-state index in [0.717, 1.165) is 0 Å². The molecule has 0 aromatic heterocycles. The maximum Gasteiger partial charge on any atom is 0.314 e. The zero-order valence-electron chi connectivity index (χ0n) is 7.76. The van der Waals surface area contributed by atoms with E-state index in [-0.39, 0.29) is 12.6 Å². The summed E-state index contributed by atoms with van der Waals surface area (Å²) in [5.74, 6) is 0.466. The molecule has 0 radical (unpaired) electrons. The molecule has 0 aliphatic heterocycles. The van der Waals surface area contributed by atoms with Crippen molar-refractivity contribution in [1.82, 2.24) is 10.6 Å². The molecule has 0 fully saturated rings. The van der Waals surface area contributed by atoms with Crippen LogP contribution in [0.15, 0.2) is 0 Å². The lowest BCUT2D eigenvalue weighted by molar-refractivity contribution is 0.237. The Hall–Kier alpha value is -0.770. The number of carbonyl (C=O) groups excluding carboxylic acids is 1. The average Bonchev–Trinajstić information content (AvgIpc) is 2.01. The molecule has 0 heterocycles. The second-order valence-electron chi connectivity index (χ2n) is 3.11. The molecule has 4 nitrogen and oxygen atoms in total. The molecule has 2 amide bonds. The van der Waals surface area contributed by atoms with E-state index in [0.29, 0.717) is 25.4 Å². The predicted molar refractivity (Wildman–Crippen MR) is 47.9 cm³/mol. The molecule has 0 atom stereocenters. The summed E-state index contributed by atoms with van der Waals surface area (Å²) >= 11 is 0. The molecular weight excluding hydrogens is 156 g/mol. The SMILES string of the molecule is CC(C)CNC(=O)NCCCO. The van der Waals surface area contributed by atoms with Gasteiger partial charge in [0.2, 0.25) is 0 Å². The van der Waals surface area contributed by atoms with Gasteiger partial charge in [-0.1, -0.05) is 13.8 Å². The van der Waals surface area contributed by atoms with Gasteiger partial charge >= 0.3 is 6.03 Å². The van der Waals surface area contributed by atoms with E-state index in [1.165, 1.54) is 0 Å². The molecule has 0 rings (SSSR count). The van der Waals surface area contributed by atoms with E-state index in [2.05, 4.69) is 10.6 Å². The van der Waals surface area contributed by atoms with Crippen molar-refractivity contribution in [2.75, 3.05) is 19.7 Å². The number of hydrogen-bond acceptors (Lipinski definition) is 2. The van der Waals surface area contributed by atoms with E-state index in [1.54, 1.807) is 0 Å². The fraction of sp³-hybridized carbons (Fsp3) is 0.875. The topological polar surface area (TPSA) is 61.4 Å². The number of aliphatic hydroxyl groups is 1. The lowest BCUT2D eigenvalue weighted by Crippen LogP contribution is -2.38. The molecule has 12 heavy (non-hydrogen) atoms. The molecular formula is C8H18N2O2. The third kappa shape index (κ3) is 7.34. The van der Waals surface area contributed by atoms with Crippen molar-refractivity contribution in [2.45, 2.75) is 20.3 Å². The fourth-order valence-corrected chi connectivity index (χ4v) is 0.640. The van der Waals surface area contributed by atoms with Crippen molar-refractivity contribution < 1.29 is 9.90 Å². The zero-order valence-corrected chi connectivity index (χ0v) is 7.76. The van der Waals surface area contributed by atoms with E-state index >= 15 is 0 Å². The first-order valence-corrected chi connectivity index (χ1v) is 4.29. The van der Waals surface area contributed by atoms with Crippen LogP contribution in [-0.2, 0) is 0 Å². The molecule has 72 valence electrons. The number of rotatable bonds is 5. The molecule has 0 saturated carbocycles. The summed E-state index contributed by atoms with van der Waals surface area (Å²) in [5, 5.41) is 13.8. The van der Waals surface area contributed by atoms with Crippen LogP contribution < -0.4 is 10.6 Å². The Balaban J connectivity index is 3.22. The van der Waals surface area contributed by atoms with Crippen molar-refractivity contribution in [1.29, 1.82) is 0 Å². The second-order valence-corrected chi connectivity index (χ2v) is 3.11. The zero-order chi connectivity index (χ0) is 9.40. The van der Waals surface area contributed by atoms with Gasteiger partial charge in [0.05, 0.1) is 0 Å². The normalized spacial score (nSPS) is 10.0. The van der Waals surface area contributed by atoms with E-state index in [9.17, 15) is 4.79 Å². The molecule has 4 heteroatoms. The third-order valence-corrected chi connectivity index (χ3v) is 1.29. The van der Waals surface area contributed by atoms with Crippen molar-refractivity contribution in [3.63, 3.8) is 0 Å². The number of nitrogens with one attached hydrogen (secondary N) is 2. The summed E-state index contributed by atoms with van der Waals surface area (Å²) in [5.41, 5.74) is 0. The molecule has 0 aliphatic rings. The predicted octanol–water partition coefficient (Wildman–Crippen LogP) is 0.324. The van der Waals surface area contributed by atoms with Crippen LogP contribution >= 0.6 is 0 Å². The van der Waals surface area contributed by atoms with Crippen LogP contribution in [0.4, 0.5) is 4.79 Å². The Morgan fingerprint density at radius 2 is 2.08 bits per heavy atom. The lowest BCUT2D eigenvalue weighted by atomic mass is 10.2. The highest BCUT2D eigenvalue weighted by atomic mass is 16.3. The maximum absolute atomic E-state index is 10.9. The van der Waals surface area contributed by atoms with Gasteiger partial charge in [0.1, 0.15) is 0 Å². The first-order valence-electron chi connectivity index (χ1n) is 4.29. The van der Waals surface area contributed by atoms with Gasteiger partial charge < -0.3 is 15.7 Å². The first-order chi connectivity index (χ1) is 5.66. The summed E-state index contributed by atoms with van der Waals surface area (Å²) in [6, 6.07) is -0.155. The molecule has 0 unspecified atom stereocenters. The Morgan fingerprint density at radius 3 is 2.58 bits per heavy atom.